The van der Waals surface area contributed by atoms with Crippen LogP contribution in [0.1, 0.15) is 28.3 Å². The van der Waals surface area contributed by atoms with Gasteiger partial charge in [0.2, 0.25) is 10.0 Å². The molecule has 4 rings (SSSR count). The largest absolute Gasteiger partial charge is 0.290 e. The maximum atomic E-state index is 13.4. The topological polar surface area (TPSA) is 49.4 Å². The van der Waals surface area contributed by atoms with Crippen LogP contribution in [-0.4, -0.2) is 26.4 Å². The summed E-state index contributed by atoms with van der Waals surface area (Å²) in [6, 6.07) is 14.1. The second-order valence-electron chi connectivity index (χ2n) is 7.32. The molecule has 0 amide bonds. The summed E-state index contributed by atoms with van der Waals surface area (Å²) in [5, 5.41) is 4.08. The predicted octanol–water partition coefficient (Wildman–Crippen LogP) is 4.27. The summed E-state index contributed by atoms with van der Waals surface area (Å²) in [4.78, 5) is 2.44. The minimum atomic E-state index is -3.73. The molecule has 0 aliphatic carbocycles. The van der Waals surface area contributed by atoms with Crippen molar-refractivity contribution in [3.05, 3.63) is 87.4 Å². The Hall–Kier alpha value is -2.06. The van der Waals surface area contributed by atoms with Gasteiger partial charge in [-0.25, -0.2) is 17.5 Å². The highest BCUT2D eigenvalue weighted by atomic mass is 32.2. The molecule has 1 unspecified atom stereocenters. The van der Waals surface area contributed by atoms with Gasteiger partial charge in [-0.3, -0.25) is 4.90 Å². The summed E-state index contributed by atoms with van der Waals surface area (Å²) in [6.45, 7) is 3.52. The zero-order chi connectivity index (χ0) is 20.4. The molecule has 1 atom stereocenters. The summed E-state index contributed by atoms with van der Waals surface area (Å²) in [7, 11) is -3.73. The lowest BCUT2D eigenvalue weighted by atomic mass is 9.97. The first-order valence-electron chi connectivity index (χ1n) is 9.53. The minimum absolute atomic E-state index is 0.0647. The summed E-state index contributed by atoms with van der Waals surface area (Å²) in [6.07, 6.45) is 0.945. The van der Waals surface area contributed by atoms with Gasteiger partial charge in [0.1, 0.15) is 5.82 Å². The normalized spacial score (nSPS) is 15.8. The van der Waals surface area contributed by atoms with Crippen molar-refractivity contribution in [1.82, 2.24) is 9.62 Å². The third kappa shape index (κ3) is 4.43. The maximum Gasteiger partial charge on any atom is 0.240 e. The van der Waals surface area contributed by atoms with Crippen LogP contribution in [0.5, 0.6) is 0 Å². The van der Waals surface area contributed by atoms with Crippen LogP contribution < -0.4 is 4.72 Å². The lowest BCUT2D eigenvalue weighted by Crippen LogP contribution is -2.40. The van der Waals surface area contributed by atoms with Gasteiger partial charge in [-0.1, -0.05) is 24.3 Å². The van der Waals surface area contributed by atoms with Gasteiger partial charge in [0.05, 0.1) is 4.90 Å². The molecule has 1 aliphatic heterocycles. The fourth-order valence-electron chi connectivity index (χ4n) is 3.89. The van der Waals surface area contributed by atoms with E-state index in [1.165, 1.54) is 29.3 Å². The monoisotopic (exact) mass is 430 g/mol. The van der Waals surface area contributed by atoms with Gasteiger partial charge in [-0.15, -0.1) is 0 Å². The summed E-state index contributed by atoms with van der Waals surface area (Å²) >= 11 is 1.61. The Balaban J connectivity index is 1.56. The highest BCUT2D eigenvalue weighted by Gasteiger charge is 2.27. The molecule has 2 aromatic carbocycles. The van der Waals surface area contributed by atoms with Crippen LogP contribution in [0.2, 0.25) is 0 Å². The zero-order valence-corrected chi connectivity index (χ0v) is 17.8. The number of rotatable bonds is 6. The number of halogens is 1. The van der Waals surface area contributed by atoms with E-state index in [-0.39, 0.29) is 17.5 Å². The van der Waals surface area contributed by atoms with Crippen LogP contribution in [0, 0.1) is 12.7 Å². The molecule has 2 heterocycles. The SMILES string of the molecule is Cc1cc(F)ccc1S(=O)(=O)NCC(c1ccsc1)N1CCc2ccccc2C1. The molecule has 0 spiro atoms. The van der Waals surface area contributed by atoms with E-state index < -0.39 is 15.8 Å². The van der Waals surface area contributed by atoms with E-state index in [9.17, 15) is 12.8 Å². The summed E-state index contributed by atoms with van der Waals surface area (Å²) in [5.41, 5.74) is 4.15. The van der Waals surface area contributed by atoms with Crippen LogP contribution in [0.25, 0.3) is 0 Å². The number of benzene rings is 2. The van der Waals surface area contributed by atoms with E-state index in [1.807, 2.05) is 17.5 Å². The van der Waals surface area contributed by atoms with Gasteiger partial charge in [-0.2, -0.15) is 11.3 Å². The van der Waals surface area contributed by atoms with Crippen LogP contribution in [0.15, 0.2) is 64.2 Å². The molecule has 1 aromatic heterocycles. The molecular formula is C22H23FN2O2S2. The van der Waals surface area contributed by atoms with Gasteiger partial charge in [0, 0.05) is 25.7 Å². The first-order valence-corrected chi connectivity index (χ1v) is 12.0. The van der Waals surface area contributed by atoms with Gasteiger partial charge >= 0.3 is 0 Å². The summed E-state index contributed by atoms with van der Waals surface area (Å²) < 4.78 is 41.9. The van der Waals surface area contributed by atoms with Crippen molar-refractivity contribution < 1.29 is 12.8 Å². The molecule has 152 valence electrons. The molecule has 0 bridgehead atoms. The zero-order valence-electron chi connectivity index (χ0n) is 16.1. The molecule has 4 nitrogen and oxygen atoms in total. The van der Waals surface area contributed by atoms with Gasteiger partial charge in [-0.05, 0) is 70.6 Å². The Morgan fingerprint density at radius 3 is 2.69 bits per heavy atom. The Morgan fingerprint density at radius 2 is 1.97 bits per heavy atom. The van der Waals surface area contributed by atoms with Crippen molar-refractivity contribution >= 4 is 21.4 Å². The summed E-state index contributed by atoms with van der Waals surface area (Å²) in [5.74, 6) is -0.440. The van der Waals surface area contributed by atoms with E-state index in [4.69, 9.17) is 0 Å². The Morgan fingerprint density at radius 1 is 1.17 bits per heavy atom. The predicted molar refractivity (Wildman–Crippen MR) is 114 cm³/mol. The first-order chi connectivity index (χ1) is 13.9. The second kappa shape index (κ2) is 8.36. The third-order valence-electron chi connectivity index (χ3n) is 5.42. The van der Waals surface area contributed by atoms with E-state index in [0.717, 1.165) is 25.1 Å². The molecule has 7 heteroatoms. The number of nitrogens with one attached hydrogen (secondary N) is 1. The highest BCUT2D eigenvalue weighted by Crippen LogP contribution is 2.29. The van der Waals surface area contributed by atoms with Crippen molar-refractivity contribution in [2.75, 3.05) is 13.1 Å². The number of sulfonamides is 1. The quantitative estimate of drug-likeness (QED) is 0.635. The van der Waals surface area contributed by atoms with Gasteiger partial charge in [0.25, 0.3) is 0 Å². The van der Waals surface area contributed by atoms with Crippen LogP contribution in [0.3, 0.4) is 0 Å². The molecule has 1 aliphatic rings. The van der Waals surface area contributed by atoms with Gasteiger partial charge < -0.3 is 0 Å². The number of nitrogens with zero attached hydrogens (tertiary/aromatic N) is 1. The number of hydrogen-bond acceptors (Lipinski definition) is 4. The Labute approximate surface area is 175 Å². The average Bonchev–Trinajstić information content (AvgIpc) is 3.22. The number of aryl methyl sites for hydroxylation is 1. The second-order valence-corrected chi connectivity index (χ2v) is 9.84. The number of fused-ring (bicyclic) bond motifs is 1. The molecule has 0 saturated carbocycles. The van der Waals surface area contributed by atoms with Crippen molar-refractivity contribution in [2.45, 2.75) is 30.8 Å². The first kappa shape index (κ1) is 20.2. The lowest BCUT2D eigenvalue weighted by molar-refractivity contribution is 0.181. The van der Waals surface area contributed by atoms with E-state index in [2.05, 4.69) is 33.2 Å². The van der Waals surface area contributed by atoms with Gasteiger partial charge in [0.15, 0.2) is 0 Å². The molecule has 0 fully saturated rings. The highest BCUT2D eigenvalue weighted by molar-refractivity contribution is 7.89. The Kier molecular flexibility index (Phi) is 5.83. The van der Waals surface area contributed by atoms with E-state index >= 15 is 0 Å². The average molecular weight is 431 g/mol. The number of thiophene rings is 1. The lowest BCUT2D eigenvalue weighted by Gasteiger charge is -2.35. The van der Waals surface area contributed by atoms with Crippen molar-refractivity contribution in [1.29, 1.82) is 0 Å². The Bertz CT molecular complexity index is 1100. The van der Waals surface area contributed by atoms with E-state index in [0.29, 0.717) is 5.56 Å². The third-order valence-corrected chi connectivity index (χ3v) is 7.71. The molecular weight excluding hydrogens is 407 g/mol. The van der Waals surface area contributed by atoms with Crippen LogP contribution >= 0.6 is 11.3 Å². The molecule has 0 radical (unpaired) electrons. The fourth-order valence-corrected chi connectivity index (χ4v) is 5.86. The van der Waals surface area contributed by atoms with Crippen molar-refractivity contribution in [2.24, 2.45) is 0 Å². The van der Waals surface area contributed by atoms with Crippen molar-refractivity contribution in [3.63, 3.8) is 0 Å². The number of hydrogen-bond donors (Lipinski definition) is 1. The molecule has 3 aromatic rings. The molecule has 0 saturated heterocycles. The standard InChI is InChI=1S/C22H23FN2O2S2/c1-16-12-20(23)6-7-22(16)29(26,27)24-13-21(19-9-11-28-15-19)25-10-8-17-4-2-3-5-18(17)14-25/h2-7,9,11-12,15,21,24H,8,10,13-14H2,1H3. The van der Waals surface area contributed by atoms with Crippen molar-refractivity contribution in [3.8, 4) is 0 Å². The molecule has 29 heavy (non-hydrogen) atoms. The van der Waals surface area contributed by atoms with Crippen LogP contribution in [0.4, 0.5) is 4.39 Å². The van der Waals surface area contributed by atoms with E-state index in [1.54, 1.807) is 18.3 Å². The maximum absolute atomic E-state index is 13.4. The molecule has 1 N–H and O–H groups in total. The smallest absolute Gasteiger partial charge is 0.240 e. The minimum Gasteiger partial charge on any atom is -0.290 e. The fraction of sp³-hybridized carbons (Fsp3) is 0.273. The van der Waals surface area contributed by atoms with Crippen LogP contribution in [-0.2, 0) is 23.0 Å².